The first-order valence-corrected chi connectivity index (χ1v) is 6.30. The summed E-state index contributed by atoms with van der Waals surface area (Å²) in [6.45, 7) is 3.87. The monoisotopic (exact) mass is 258 g/mol. The van der Waals surface area contributed by atoms with Gasteiger partial charge in [0.2, 0.25) is 0 Å². The quantitative estimate of drug-likeness (QED) is 0.763. The maximum absolute atomic E-state index is 11.7. The summed E-state index contributed by atoms with van der Waals surface area (Å²) in [5.74, 6) is -1.09. The van der Waals surface area contributed by atoms with E-state index in [1.807, 2.05) is 0 Å². The van der Waals surface area contributed by atoms with Crippen molar-refractivity contribution < 1.29 is 19.4 Å². The molecule has 0 radical (unpaired) electrons. The molecule has 1 fully saturated rings. The van der Waals surface area contributed by atoms with Crippen LogP contribution in [-0.2, 0) is 9.53 Å². The molecule has 18 heavy (non-hydrogen) atoms. The van der Waals surface area contributed by atoms with Crippen LogP contribution in [0.25, 0.3) is 0 Å². The molecule has 2 unspecified atom stereocenters. The molecule has 0 aromatic rings. The van der Waals surface area contributed by atoms with Gasteiger partial charge in [-0.2, -0.15) is 0 Å². The lowest BCUT2D eigenvalue weighted by Gasteiger charge is -2.27. The summed E-state index contributed by atoms with van der Waals surface area (Å²) in [5.41, 5.74) is 0. The molecule has 6 heteroatoms. The Bertz CT molecular complexity index is 290. The fourth-order valence-electron chi connectivity index (χ4n) is 1.88. The van der Waals surface area contributed by atoms with E-state index >= 15 is 0 Å². The van der Waals surface area contributed by atoms with Crippen LogP contribution in [0.15, 0.2) is 0 Å². The molecule has 1 aliphatic rings. The molecular weight excluding hydrogens is 236 g/mol. The Kier molecular flexibility index (Phi) is 5.91. The summed E-state index contributed by atoms with van der Waals surface area (Å²) in [7, 11) is 1.72. The maximum Gasteiger partial charge on any atom is 0.317 e. The maximum atomic E-state index is 11.7. The fraction of sp³-hybridized carbons (Fsp3) is 0.833. The van der Waals surface area contributed by atoms with Crippen LogP contribution in [-0.4, -0.2) is 55.4 Å². The number of carbonyl (C=O) groups excluding carboxylic acids is 1. The smallest absolute Gasteiger partial charge is 0.317 e. The third-order valence-electron chi connectivity index (χ3n) is 3.11. The second-order valence-electron chi connectivity index (χ2n) is 4.89. The summed E-state index contributed by atoms with van der Waals surface area (Å²) in [6.07, 6.45) is 2.11. The van der Waals surface area contributed by atoms with Crippen LogP contribution in [0.5, 0.6) is 0 Å². The number of hydrogen-bond acceptors (Lipinski definition) is 3. The lowest BCUT2D eigenvalue weighted by molar-refractivity contribution is -0.140. The number of urea groups is 1. The molecule has 1 heterocycles. The Morgan fingerprint density at radius 3 is 2.83 bits per heavy atom. The highest BCUT2D eigenvalue weighted by atomic mass is 16.5. The minimum Gasteiger partial charge on any atom is -0.481 e. The summed E-state index contributed by atoms with van der Waals surface area (Å²) < 4.78 is 5.36. The van der Waals surface area contributed by atoms with Crippen LogP contribution < -0.4 is 5.32 Å². The van der Waals surface area contributed by atoms with Gasteiger partial charge in [0, 0.05) is 32.7 Å². The second-order valence-corrected chi connectivity index (χ2v) is 4.89. The van der Waals surface area contributed by atoms with E-state index in [1.165, 1.54) is 0 Å². The molecule has 1 aliphatic heterocycles. The van der Waals surface area contributed by atoms with Gasteiger partial charge in [-0.25, -0.2) is 4.79 Å². The molecule has 104 valence electrons. The minimum atomic E-state index is -0.904. The van der Waals surface area contributed by atoms with Crippen LogP contribution >= 0.6 is 0 Å². The molecule has 0 bridgehead atoms. The number of amides is 2. The van der Waals surface area contributed by atoms with Crippen molar-refractivity contribution in [2.45, 2.75) is 19.8 Å². The van der Waals surface area contributed by atoms with Crippen molar-refractivity contribution in [3.8, 4) is 0 Å². The average molecular weight is 258 g/mol. The summed E-state index contributed by atoms with van der Waals surface area (Å²) in [4.78, 5) is 23.9. The highest BCUT2D eigenvalue weighted by molar-refractivity contribution is 5.75. The number of carboxylic acid groups (broad SMARTS) is 1. The van der Waals surface area contributed by atoms with E-state index in [-0.39, 0.29) is 12.6 Å². The van der Waals surface area contributed by atoms with E-state index < -0.39 is 11.9 Å². The first-order valence-electron chi connectivity index (χ1n) is 6.30. The largest absolute Gasteiger partial charge is 0.481 e. The lowest BCUT2D eigenvalue weighted by Crippen LogP contribution is -2.43. The number of carboxylic acids is 1. The lowest BCUT2D eigenvalue weighted by atomic mass is 10.0. The van der Waals surface area contributed by atoms with Crippen LogP contribution in [0, 0.1) is 11.8 Å². The molecular formula is C12H22N2O4. The number of hydrogen-bond donors (Lipinski definition) is 2. The van der Waals surface area contributed by atoms with Gasteiger partial charge in [-0.1, -0.05) is 6.92 Å². The minimum absolute atomic E-state index is 0.152. The van der Waals surface area contributed by atoms with Crippen molar-refractivity contribution in [3.05, 3.63) is 0 Å². The van der Waals surface area contributed by atoms with Crippen molar-refractivity contribution in [1.82, 2.24) is 10.2 Å². The van der Waals surface area contributed by atoms with E-state index in [0.717, 1.165) is 19.4 Å². The molecule has 1 saturated heterocycles. The molecule has 6 nitrogen and oxygen atoms in total. The Balaban J connectivity index is 2.25. The summed E-state index contributed by atoms with van der Waals surface area (Å²) in [5, 5.41) is 11.3. The third kappa shape index (κ3) is 4.91. The molecule has 2 N–H and O–H groups in total. The van der Waals surface area contributed by atoms with Crippen molar-refractivity contribution in [1.29, 1.82) is 0 Å². The van der Waals surface area contributed by atoms with E-state index in [0.29, 0.717) is 19.1 Å². The van der Waals surface area contributed by atoms with Crippen LogP contribution in [0.4, 0.5) is 4.79 Å². The normalized spacial score (nSPS) is 21.1. The Morgan fingerprint density at radius 1 is 1.56 bits per heavy atom. The molecule has 0 saturated carbocycles. The molecule has 0 aromatic heterocycles. The van der Waals surface area contributed by atoms with Gasteiger partial charge >= 0.3 is 12.0 Å². The molecule has 1 rings (SSSR count). The van der Waals surface area contributed by atoms with E-state index in [1.54, 1.807) is 18.9 Å². The van der Waals surface area contributed by atoms with Crippen molar-refractivity contribution >= 4 is 12.0 Å². The Hall–Kier alpha value is -1.30. The standard InChI is InChI=1S/C12H22N2O4/c1-9(11(15)16)6-13-12(17)14(2)7-10-4-3-5-18-8-10/h9-10H,3-8H2,1-2H3,(H,13,17)(H,15,16). The number of nitrogens with one attached hydrogen (secondary N) is 1. The molecule has 2 atom stereocenters. The zero-order valence-corrected chi connectivity index (χ0v) is 11.0. The zero-order chi connectivity index (χ0) is 13.5. The first kappa shape index (κ1) is 14.8. The van der Waals surface area contributed by atoms with Gasteiger partial charge in [-0.3, -0.25) is 4.79 Å². The highest BCUT2D eigenvalue weighted by Gasteiger charge is 2.19. The fourth-order valence-corrected chi connectivity index (χ4v) is 1.88. The third-order valence-corrected chi connectivity index (χ3v) is 3.11. The highest BCUT2D eigenvalue weighted by Crippen LogP contribution is 2.14. The van der Waals surface area contributed by atoms with Crippen molar-refractivity contribution in [2.24, 2.45) is 11.8 Å². The van der Waals surface area contributed by atoms with E-state index in [9.17, 15) is 9.59 Å². The van der Waals surface area contributed by atoms with Crippen LogP contribution in [0.3, 0.4) is 0 Å². The molecule has 0 aromatic carbocycles. The molecule has 2 amide bonds. The van der Waals surface area contributed by atoms with Crippen molar-refractivity contribution in [3.63, 3.8) is 0 Å². The second kappa shape index (κ2) is 7.20. The molecule has 0 spiro atoms. The van der Waals surface area contributed by atoms with E-state index in [4.69, 9.17) is 9.84 Å². The van der Waals surface area contributed by atoms with Gasteiger partial charge in [0.1, 0.15) is 0 Å². The number of rotatable bonds is 5. The van der Waals surface area contributed by atoms with Gasteiger partial charge in [-0.15, -0.1) is 0 Å². The average Bonchev–Trinajstić information content (AvgIpc) is 2.36. The van der Waals surface area contributed by atoms with Gasteiger partial charge in [0.25, 0.3) is 0 Å². The van der Waals surface area contributed by atoms with Crippen LogP contribution in [0.1, 0.15) is 19.8 Å². The predicted molar refractivity (Wildman–Crippen MR) is 66.4 cm³/mol. The number of nitrogens with zero attached hydrogens (tertiary/aromatic N) is 1. The predicted octanol–water partition coefficient (Wildman–Crippen LogP) is 0.775. The van der Waals surface area contributed by atoms with Gasteiger partial charge < -0.3 is 20.1 Å². The number of carbonyl (C=O) groups is 2. The van der Waals surface area contributed by atoms with Crippen molar-refractivity contribution in [2.75, 3.05) is 33.4 Å². The zero-order valence-electron chi connectivity index (χ0n) is 11.0. The summed E-state index contributed by atoms with van der Waals surface area (Å²) >= 11 is 0. The Morgan fingerprint density at radius 2 is 2.28 bits per heavy atom. The number of ether oxygens (including phenoxy) is 1. The van der Waals surface area contributed by atoms with Gasteiger partial charge in [0.15, 0.2) is 0 Å². The summed E-state index contributed by atoms with van der Waals surface area (Å²) in [6, 6.07) is -0.228. The SMILES string of the molecule is CC(CNC(=O)N(C)CC1CCCOC1)C(=O)O. The van der Waals surface area contributed by atoms with E-state index in [2.05, 4.69) is 5.32 Å². The van der Waals surface area contributed by atoms with Gasteiger partial charge in [-0.05, 0) is 12.8 Å². The Labute approximate surface area is 107 Å². The first-order chi connectivity index (χ1) is 8.50. The molecule has 0 aliphatic carbocycles. The van der Waals surface area contributed by atoms with Crippen LogP contribution in [0.2, 0.25) is 0 Å². The topological polar surface area (TPSA) is 78.9 Å². The number of aliphatic carboxylic acids is 1. The van der Waals surface area contributed by atoms with Gasteiger partial charge in [0.05, 0.1) is 12.5 Å².